The van der Waals surface area contributed by atoms with Crippen LogP contribution in [0.25, 0.3) is 0 Å². The van der Waals surface area contributed by atoms with E-state index in [1.54, 1.807) is 36.4 Å². The van der Waals surface area contributed by atoms with Gasteiger partial charge in [0, 0.05) is 12.2 Å². The zero-order valence-electron chi connectivity index (χ0n) is 13.6. The largest absolute Gasteiger partial charge is 0.326 e. The predicted octanol–water partition coefficient (Wildman–Crippen LogP) is 2.94. The average molecular weight is 362 g/mol. The van der Waals surface area contributed by atoms with Crippen molar-refractivity contribution in [3.8, 4) is 0 Å². The summed E-state index contributed by atoms with van der Waals surface area (Å²) in [5.41, 5.74) is 1.91. The van der Waals surface area contributed by atoms with Crippen LogP contribution in [0.3, 0.4) is 0 Å². The van der Waals surface area contributed by atoms with E-state index in [1.807, 2.05) is 0 Å². The van der Waals surface area contributed by atoms with Gasteiger partial charge in [-0.05, 0) is 54.8 Å². The van der Waals surface area contributed by atoms with E-state index in [2.05, 4.69) is 5.32 Å². The number of hydrogen-bond acceptors (Lipinski definition) is 3. The molecule has 0 bridgehead atoms. The molecule has 2 aromatic rings. The summed E-state index contributed by atoms with van der Waals surface area (Å²) in [6.07, 6.45) is 1.67. The Morgan fingerprint density at radius 2 is 1.72 bits per heavy atom. The van der Waals surface area contributed by atoms with Crippen molar-refractivity contribution in [2.75, 3.05) is 21.9 Å². The van der Waals surface area contributed by atoms with Crippen molar-refractivity contribution in [1.29, 1.82) is 0 Å². The maximum atomic E-state index is 12.9. The van der Waals surface area contributed by atoms with Crippen LogP contribution in [-0.2, 0) is 21.2 Å². The minimum Gasteiger partial charge on any atom is -0.326 e. The Bertz CT molecular complexity index is 849. The number of carbonyl (C=O) groups is 1. The van der Waals surface area contributed by atoms with Crippen molar-refractivity contribution in [3.05, 3.63) is 59.9 Å². The molecule has 0 spiro atoms. The second-order valence-electron chi connectivity index (χ2n) is 5.99. The monoisotopic (exact) mass is 362 g/mol. The SMILES string of the molecule is O=C(Cc1ccc(F)cc1)Nc1ccc(N2CCCCS2(=O)=O)cc1. The Hall–Kier alpha value is -2.41. The quantitative estimate of drug-likeness (QED) is 0.909. The lowest BCUT2D eigenvalue weighted by atomic mass is 10.1. The van der Waals surface area contributed by atoms with E-state index in [1.165, 1.54) is 16.4 Å². The molecule has 1 amide bonds. The third-order valence-corrected chi connectivity index (χ3v) is 5.94. The first-order valence-corrected chi connectivity index (χ1v) is 9.70. The molecule has 132 valence electrons. The van der Waals surface area contributed by atoms with Gasteiger partial charge in [-0.3, -0.25) is 9.10 Å². The normalized spacial score (nSPS) is 16.4. The highest BCUT2D eigenvalue weighted by molar-refractivity contribution is 7.92. The first-order valence-electron chi connectivity index (χ1n) is 8.09. The summed E-state index contributed by atoms with van der Waals surface area (Å²) in [4.78, 5) is 12.0. The van der Waals surface area contributed by atoms with Gasteiger partial charge in [0.25, 0.3) is 0 Å². The summed E-state index contributed by atoms with van der Waals surface area (Å²) < 4.78 is 38.5. The van der Waals surface area contributed by atoms with Crippen LogP contribution < -0.4 is 9.62 Å². The van der Waals surface area contributed by atoms with Crippen LogP contribution in [0.15, 0.2) is 48.5 Å². The van der Waals surface area contributed by atoms with E-state index in [9.17, 15) is 17.6 Å². The van der Waals surface area contributed by atoms with Gasteiger partial charge in [0.2, 0.25) is 15.9 Å². The standard InChI is InChI=1S/C18H19FN2O3S/c19-15-5-3-14(4-6-15)13-18(22)20-16-7-9-17(10-8-16)21-11-1-2-12-25(21,23)24/h3-10H,1-2,11-13H2,(H,20,22). The number of hydrogen-bond donors (Lipinski definition) is 1. The van der Waals surface area contributed by atoms with Gasteiger partial charge >= 0.3 is 0 Å². The maximum Gasteiger partial charge on any atom is 0.235 e. The van der Waals surface area contributed by atoms with Crippen molar-refractivity contribution in [3.63, 3.8) is 0 Å². The molecule has 0 radical (unpaired) electrons. The summed E-state index contributed by atoms with van der Waals surface area (Å²) >= 11 is 0. The molecule has 7 heteroatoms. The van der Waals surface area contributed by atoms with Gasteiger partial charge in [-0.25, -0.2) is 12.8 Å². The van der Waals surface area contributed by atoms with Crippen LogP contribution in [0.2, 0.25) is 0 Å². The first-order chi connectivity index (χ1) is 11.9. The second kappa shape index (κ2) is 7.23. The van der Waals surface area contributed by atoms with E-state index in [4.69, 9.17) is 0 Å². The Labute approximate surface area is 146 Å². The van der Waals surface area contributed by atoms with Crippen molar-refractivity contribution >= 4 is 27.3 Å². The Morgan fingerprint density at radius 3 is 2.36 bits per heavy atom. The molecule has 0 aromatic heterocycles. The summed E-state index contributed by atoms with van der Waals surface area (Å²) in [7, 11) is -3.24. The molecule has 1 saturated heterocycles. The minimum atomic E-state index is -3.24. The van der Waals surface area contributed by atoms with Gasteiger partial charge < -0.3 is 5.32 Å². The number of nitrogens with one attached hydrogen (secondary N) is 1. The van der Waals surface area contributed by atoms with E-state index >= 15 is 0 Å². The Morgan fingerprint density at radius 1 is 1.04 bits per heavy atom. The molecule has 0 unspecified atom stereocenters. The molecule has 1 aliphatic rings. The number of benzene rings is 2. The summed E-state index contributed by atoms with van der Waals surface area (Å²) in [6.45, 7) is 0.485. The molecule has 0 atom stereocenters. The lowest BCUT2D eigenvalue weighted by Gasteiger charge is -2.28. The Balaban J connectivity index is 1.64. The molecule has 1 fully saturated rings. The fourth-order valence-electron chi connectivity index (χ4n) is 2.78. The number of nitrogens with zero attached hydrogens (tertiary/aromatic N) is 1. The third kappa shape index (κ3) is 4.36. The molecule has 5 nitrogen and oxygen atoms in total. The number of anilines is 2. The molecular formula is C18H19FN2O3S. The Kier molecular flexibility index (Phi) is 5.03. The van der Waals surface area contributed by atoms with Gasteiger partial charge in [0.15, 0.2) is 0 Å². The third-order valence-electron chi connectivity index (χ3n) is 4.07. The van der Waals surface area contributed by atoms with Gasteiger partial charge in [0.1, 0.15) is 5.82 Å². The van der Waals surface area contributed by atoms with Crippen LogP contribution in [0.5, 0.6) is 0 Å². The molecule has 1 heterocycles. The second-order valence-corrected chi connectivity index (χ2v) is 8.01. The van der Waals surface area contributed by atoms with Gasteiger partial charge in [0.05, 0.1) is 17.9 Å². The van der Waals surface area contributed by atoms with Crippen LogP contribution >= 0.6 is 0 Å². The van der Waals surface area contributed by atoms with E-state index < -0.39 is 10.0 Å². The highest BCUT2D eigenvalue weighted by atomic mass is 32.2. The molecule has 1 N–H and O–H groups in total. The number of rotatable bonds is 4. The first kappa shape index (κ1) is 17.4. The fraction of sp³-hybridized carbons (Fsp3) is 0.278. The highest BCUT2D eigenvalue weighted by Crippen LogP contribution is 2.25. The zero-order chi connectivity index (χ0) is 17.9. The molecule has 0 aliphatic carbocycles. The molecule has 2 aromatic carbocycles. The fourth-order valence-corrected chi connectivity index (χ4v) is 4.42. The van der Waals surface area contributed by atoms with Crippen molar-refractivity contribution in [2.24, 2.45) is 0 Å². The zero-order valence-corrected chi connectivity index (χ0v) is 14.4. The molecule has 3 rings (SSSR count). The molecule has 0 saturated carbocycles. The summed E-state index contributed by atoms with van der Waals surface area (Å²) in [5.74, 6) is -0.388. The number of carbonyl (C=O) groups excluding carboxylic acids is 1. The molecule has 1 aliphatic heterocycles. The van der Waals surface area contributed by atoms with Crippen molar-refractivity contribution < 1.29 is 17.6 Å². The summed E-state index contributed by atoms with van der Waals surface area (Å²) in [6, 6.07) is 12.5. The smallest absolute Gasteiger partial charge is 0.235 e. The van der Waals surface area contributed by atoms with Crippen molar-refractivity contribution in [2.45, 2.75) is 19.3 Å². The van der Waals surface area contributed by atoms with E-state index in [0.29, 0.717) is 24.3 Å². The minimum absolute atomic E-state index is 0.141. The lowest BCUT2D eigenvalue weighted by molar-refractivity contribution is -0.115. The topological polar surface area (TPSA) is 66.5 Å². The number of sulfonamides is 1. The van der Waals surface area contributed by atoms with Crippen LogP contribution in [0.4, 0.5) is 15.8 Å². The van der Waals surface area contributed by atoms with Crippen LogP contribution in [-0.4, -0.2) is 26.6 Å². The van der Waals surface area contributed by atoms with Crippen molar-refractivity contribution in [1.82, 2.24) is 0 Å². The van der Waals surface area contributed by atoms with Crippen LogP contribution in [0.1, 0.15) is 18.4 Å². The van der Waals surface area contributed by atoms with Gasteiger partial charge in [-0.1, -0.05) is 12.1 Å². The summed E-state index contributed by atoms with van der Waals surface area (Å²) in [5, 5.41) is 2.76. The molecule has 25 heavy (non-hydrogen) atoms. The number of amides is 1. The molecular weight excluding hydrogens is 343 g/mol. The lowest BCUT2D eigenvalue weighted by Crippen LogP contribution is -2.37. The van der Waals surface area contributed by atoms with E-state index in [-0.39, 0.29) is 23.9 Å². The number of halogens is 1. The van der Waals surface area contributed by atoms with Crippen LogP contribution in [0, 0.1) is 5.82 Å². The average Bonchev–Trinajstić information content (AvgIpc) is 2.57. The highest BCUT2D eigenvalue weighted by Gasteiger charge is 2.25. The van der Waals surface area contributed by atoms with Gasteiger partial charge in [-0.15, -0.1) is 0 Å². The van der Waals surface area contributed by atoms with Gasteiger partial charge in [-0.2, -0.15) is 0 Å². The predicted molar refractivity (Wildman–Crippen MR) is 95.5 cm³/mol. The van der Waals surface area contributed by atoms with E-state index in [0.717, 1.165) is 12.0 Å². The maximum absolute atomic E-state index is 12.9.